The summed E-state index contributed by atoms with van der Waals surface area (Å²) in [7, 11) is 0. The normalized spacial score (nSPS) is 13.8. The molecule has 0 saturated heterocycles. The first-order chi connectivity index (χ1) is 9.34. The fourth-order valence-corrected chi connectivity index (χ4v) is 1.88. The molecule has 0 amide bonds. The van der Waals surface area contributed by atoms with Gasteiger partial charge in [-0.25, -0.2) is 4.79 Å². The van der Waals surface area contributed by atoms with Gasteiger partial charge >= 0.3 is 5.97 Å². The number of carbonyl (C=O) groups excluding carboxylic acids is 1. The molecule has 1 aromatic heterocycles. The second-order valence-electron chi connectivity index (χ2n) is 4.01. The predicted molar refractivity (Wildman–Crippen MR) is 70.3 cm³/mol. The molecule has 2 aromatic rings. The highest BCUT2D eigenvalue weighted by molar-refractivity contribution is 6.03. The summed E-state index contributed by atoms with van der Waals surface area (Å²) >= 11 is 0. The number of hydrogen-bond acceptors (Lipinski definition) is 4. The average molecular weight is 253 g/mol. The van der Waals surface area contributed by atoms with E-state index in [4.69, 9.17) is 9.47 Å². The number of fused-ring (bicyclic) bond motifs is 1. The molecular weight excluding hydrogens is 242 g/mol. The molecule has 1 aromatic carbocycles. The van der Waals surface area contributed by atoms with Crippen LogP contribution in [0.25, 0.3) is 10.9 Å². The van der Waals surface area contributed by atoms with Crippen molar-refractivity contribution in [2.24, 2.45) is 0 Å². The number of benzene rings is 1. The number of para-hydroxylation sites is 1. The van der Waals surface area contributed by atoms with Gasteiger partial charge in [-0.05, 0) is 18.2 Å². The van der Waals surface area contributed by atoms with Crippen molar-refractivity contribution in [2.75, 3.05) is 6.61 Å². The van der Waals surface area contributed by atoms with Gasteiger partial charge < -0.3 is 9.47 Å². The van der Waals surface area contributed by atoms with Crippen LogP contribution in [0.2, 0.25) is 0 Å². The van der Waals surface area contributed by atoms with Crippen molar-refractivity contribution in [3.05, 3.63) is 66.3 Å². The number of ether oxygens (including phenoxy) is 2. The lowest BCUT2D eigenvalue weighted by Gasteiger charge is -2.10. The van der Waals surface area contributed by atoms with E-state index >= 15 is 0 Å². The number of rotatable bonds is 2. The third kappa shape index (κ3) is 2.33. The summed E-state index contributed by atoms with van der Waals surface area (Å²) in [6.07, 6.45) is 6.44. The largest absolute Gasteiger partial charge is 0.497 e. The van der Waals surface area contributed by atoms with E-state index in [2.05, 4.69) is 4.98 Å². The molecule has 0 fully saturated rings. The minimum atomic E-state index is -0.392. The lowest BCUT2D eigenvalue weighted by atomic mass is 10.1. The molecule has 0 radical (unpaired) electrons. The third-order valence-electron chi connectivity index (χ3n) is 2.79. The van der Waals surface area contributed by atoms with Crippen LogP contribution in [0.4, 0.5) is 0 Å². The summed E-state index contributed by atoms with van der Waals surface area (Å²) in [6, 6.07) is 9.13. The van der Waals surface area contributed by atoms with Crippen molar-refractivity contribution in [2.45, 2.75) is 0 Å². The summed E-state index contributed by atoms with van der Waals surface area (Å²) in [4.78, 5) is 16.4. The minimum absolute atomic E-state index is 0.392. The van der Waals surface area contributed by atoms with Crippen LogP contribution in [0.15, 0.2) is 60.7 Å². The first kappa shape index (κ1) is 11.5. The maximum atomic E-state index is 12.2. The number of pyridine rings is 1. The summed E-state index contributed by atoms with van der Waals surface area (Å²) in [6.45, 7) is 0.413. The van der Waals surface area contributed by atoms with Crippen molar-refractivity contribution in [3.63, 3.8) is 0 Å². The first-order valence-electron chi connectivity index (χ1n) is 5.89. The molecule has 4 nitrogen and oxygen atoms in total. The van der Waals surface area contributed by atoms with Gasteiger partial charge in [0.25, 0.3) is 0 Å². The molecule has 0 bridgehead atoms. The van der Waals surface area contributed by atoms with Gasteiger partial charge in [0, 0.05) is 17.7 Å². The number of carbonyl (C=O) groups is 1. The lowest BCUT2D eigenvalue weighted by molar-refractivity contribution is 0.0632. The Bertz CT molecular complexity index is 683. The van der Waals surface area contributed by atoms with Crippen molar-refractivity contribution >= 4 is 16.9 Å². The van der Waals surface area contributed by atoms with Crippen LogP contribution in [0.1, 0.15) is 10.4 Å². The fourth-order valence-electron chi connectivity index (χ4n) is 1.88. The van der Waals surface area contributed by atoms with Crippen molar-refractivity contribution in [1.82, 2.24) is 4.98 Å². The molecule has 0 spiro atoms. The topological polar surface area (TPSA) is 48.4 Å². The van der Waals surface area contributed by atoms with E-state index in [0.29, 0.717) is 17.9 Å². The van der Waals surface area contributed by atoms with E-state index in [1.54, 1.807) is 24.4 Å². The number of esters is 1. The van der Waals surface area contributed by atoms with Crippen molar-refractivity contribution in [3.8, 4) is 0 Å². The quantitative estimate of drug-likeness (QED) is 0.772. The highest BCUT2D eigenvalue weighted by Gasteiger charge is 2.13. The molecule has 3 rings (SSSR count). The Labute approximate surface area is 110 Å². The summed E-state index contributed by atoms with van der Waals surface area (Å²) < 4.78 is 10.3. The summed E-state index contributed by atoms with van der Waals surface area (Å²) in [5.74, 6) is 0.105. The van der Waals surface area contributed by atoms with Gasteiger partial charge in [0.15, 0.2) is 0 Å². The Balaban J connectivity index is 1.93. The number of allylic oxidation sites excluding steroid dienone is 1. The van der Waals surface area contributed by atoms with E-state index in [9.17, 15) is 4.79 Å². The van der Waals surface area contributed by atoms with Gasteiger partial charge in [0.05, 0.1) is 17.3 Å². The van der Waals surface area contributed by atoms with Gasteiger partial charge in [-0.1, -0.05) is 18.2 Å². The highest BCUT2D eigenvalue weighted by atomic mass is 16.5. The van der Waals surface area contributed by atoms with Crippen LogP contribution < -0.4 is 0 Å². The zero-order chi connectivity index (χ0) is 13.1. The van der Waals surface area contributed by atoms with Gasteiger partial charge in [-0.3, -0.25) is 4.98 Å². The molecule has 0 unspecified atom stereocenters. The summed E-state index contributed by atoms with van der Waals surface area (Å²) in [5, 5.41) is 0.784. The third-order valence-corrected chi connectivity index (χ3v) is 2.79. The van der Waals surface area contributed by atoms with Crippen LogP contribution >= 0.6 is 0 Å². The van der Waals surface area contributed by atoms with E-state index in [-0.39, 0.29) is 0 Å². The predicted octanol–water partition coefficient (Wildman–Crippen LogP) is 2.82. The molecule has 94 valence electrons. The Morgan fingerprint density at radius 2 is 2.16 bits per heavy atom. The number of aromatic nitrogens is 1. The van der Waals surface area contributed by atoms with Gasteiger partial charge in [0.1, 0.15) is 12.4 Å². The minimum Gasteiger partial charge on any atom is -0.497 e. The zero-order valence-corrected chi connectivity index (χ0v) is 10.1. The van der Waals surface area contributed by atoms with Crippen LogP contribution in [0, 0.1) is 0 Å². The van der Waals surface area contributed by atoms with Gasteiger partial charge in [-0.15, -0.1) is 0 Å². The van der Waals surface area contributed by atoms with Gasteiger partial charge in [-0.2, -0.15) is 0 Å². The van der Waals surface area contributed by atoms with E-state index in [0.717, 1.165) is 10.9 Å². The van der Waals surface area contributed by atoms with E-state index < -0.39 is 5.97 Å². The molecule has 2 heterocycles. The highest BCUT2D eigenvalue weighted by Crippen LogP contribution is 2.18. The van der Waals surface area contributed by atoms with Crippen LogP contribution in [0.3, 0.4) is 0 Å². The average Bonchev–Trinajstić information content (AvgIpc) is 2.47. The Kier molecular flexibility index (Phi) is 2.98. The Hall–Kier alpha value is -2.62. The van der Waals surface area contributed by atoms with Crippen LogP contribution in [0.5, 0.6) is 0 Å². The number of hydrogen-bond donors (Lipinski definition) is 0. The zero-order valence-electron chi connectivity index (χ0n) is 10.1. The SMILES string of the molecule is O=C(OC1=CCOC=C1)c1ccnc2ccccc12. The molecule has 1 aliphatic rings. The van der Waals surface area contributed by atoms with Crippen LogP contribution in [-0.4, -0.2) is 17.6 Å². The summed E-state index contributed by atoms with van der Waals surface area (Å²) in [5.41, 5.74) is 1.28. The standard InChI is InChI=1S/C15H11NO3/c17-15(19-11-6-9-18-10-7-11)13-5-8-16-14-4-2-1-3-12(13)14/h1-9H,10H2. The second kappa shape index (κ2) is 4.94. The van der Waals surface area contributed by atoms with E-state index in [1.165, 1.54) is 6.26 Å². The number of nitrogens with zero attached hydrogens (tertiary/aromatic N) is 1. The molecular formula is C15H11NO3. The Morgan fingerprint density at radius 3 is 3.00 bits per heavy atom. The maximum absolute atomic E-state index is 12.2. The Morgan fingerprint density at radius 1 is 1.26 bits per heavy atom. The monoisotopic (exact) mass is 253 g/mol. The van der Waals surface area contributed by atoms with E-state index in [1.807, 2.05) is 24.3 Å². The molecule has 1 aliphatic heterocycles. The molecule has 0 aliphatic carbocycles. The molecule has 19 heavy (non-hydrogen) atoms. The first-order valence-corrected chi connectivity index (χ1v) is 5.89. The smallest absolute Gasteiger partial charge is 0.344 e. The van der Waals surface area contributed by atoms with Gasteiger partial charge in [0.2, 0.25) is 0 Å². The molecule has 4 heteroatoms. The van der Waals surface area contributed by atoms with Crippen molar-refractivity contribution in [1.29, 1.82) is 0 Å². The second-order valence-corrected chi connectivity index (χ2v) is 4.01. The van der Waals surface area contributed by atoms with Crippen molar-refractivity contribution < 1.29 is 14.3 Å². The molecule has 0 atom stereocenters. The molecule has 0 N–H and O–H groups in total. The maximum Gasteiger partial charge on any atom is 0.344 e. The van der Waals surface area contributed by atoms with Crippen LogP contribution in [-0.2, 0) is 9.47 Å². The lowest BCUT2D eigenvalue weighted by Crippen LogP contribution is -2.07. The fraction of sp³-hybridized carbons (Fsp3) is 0.0667. The molecule has 0 saturated carbocycles.